The highest BCUT2D eigenvalue weighted by molar-refractivity contribution is 5.72. The zero-order valence-electron chi connectivity index (χ0n) is 14.6. The Morgan fingerprint density at radius 2 is 1.48 bits per heavy atom. The van der Waals surface area contributed by atoms with E-state index in [-0.39, 0.29) is 11.4 Å². The summed E-state index contributed by atoms with van der Waals surface area (Å²) in [6.45, 7) is 8.70. The van der Waals surface area contributed by atoms with Gasteiger partial charge in [0.2, 0.25) is 0 Å². The van der Waals surface area contributed by atoms with Gasteiger partial charge in [0.25, 0.3) is 0 Å². The molecular formula is C21H26O2. The Morgan fingerprint density at radius 3 is 2.00 bits per heavy atom. The fraction of sp³-hybridized carbons (Fsp3) is 0.381. The van der Waals surface area contributed by atoms with Crippen molar-refractivity contribution in [2.24, 2.45) is 0 Å². The molecule has 0 unspecified atom stereocenters. The van der Waals surface area contributed by atoms with E-state index in [4.69, 9.17) is 4.74 Å². The van der Waals surface area contributed by atoms with Crippen molar-refractivity contribution in [3.8, 4) is 5.75 Å². The van der Waals surface area contributed by atoms with E-state index in [0.717, 1.165) is 12.0 Å². The molecule has 0 amide bonds. The van der Waals surface area contributed by atoms with Crippen molar-refractivity contribution < 1.29 is 9.53 Å². The van der Waals surface area contributed by atoms with Crippen LogP contribution in [0.1, 0.15) is 50.8 Å². The van der Waals surface area contributed by atoms with Crippen LogP contribution in [0.4, 0.5) is 0 Å². The van der Waals surface area contributed by atoms with Gasteiger partial charge in [0.1, 0.15) is 5.75 Å². The van der Waals surface area contributed by atoms with Crippen LogP contribution in [0.15, 0.2) is 48.5 Å². The molecule has 122 valence electrons. The number of esters is 1. The van der Waals surface area contributed by atoms with Crippen LogP contribution in [0.2, 0.25) is 0 Å². The zero-order chi connectivity index (χ0) is 16.9. The zero-order valence-corrected chi connectivity index (χ0v) is 14.6. The van der Waals surface area contributed by atoms with E-state index in [1.165, 1.54) is 11.1 Å². The fourth-order valence-electron chi connectivity index (χ4n) is 2.39. The van der Waals surface area contributed by atoms with Gasteiger partial charge in [0.15, 0.2) is 0 Å². The molecule has 0 saturated carbocycles. The molecule has 0 saturated heterocycles. The average molecular weight is 310 g/mol. The third kappa shape index (κ3) is 5.24. The summed E-state index contributed by atoms with van der Waals surface area (Å²) in [7, 11) is 0. The van der Waals surface area contributed by atoms with Gasteiger partial charge in [-0.15, -0.1) is 0 Å². The second kappa shape index (κ2) is 7.45. The third-order valence-corrected chi connectivity index (χ3v) is 4.00. The second-order valence-corrected chi connectivity index (χ2v) is 6.92. The number of carbonyl (C=O) groups excluding carboxylic acids is 1. The maximum atomic E-state index is 11.9. The standard InChI is InChI=1S/C21H26O2/c1-5-16-8-13-19(14-9-16)23-20(22)15-10-17-6-11-18(12-7-17)21(2,3)4/h6-9,11-14H,5,10,15H2,1-4H3. The molecule has 0 aromatic heterocycles. The topological polar surface area (TPSA) is 26.3 Å². The van der Waals surface area contributed by atoms with Gasteiger partial charge in [-0.05, 0) is 47.1 Å². The lowest BCUT2D eigenvalue weighted by Crippen LogP contribution is -2.11. The number of aryl methyl sites for hydroxylation is 2. The van der Waals surface area contributed by atoms with Crippen LogP contribution in [0.5, 0.6) is 5.75 Å². The molecule has 2 aromatic carbocycles. The van der Waals surface area contributed by atoms with Crippen LogP contribution in [0.25, 0.3) is 0 Å². The van der Waals surface area contributed by atoms with E-state index in [0.29, 0.717) is 18.6 Å². The van der Waals surface area contributed by atoms with Gasteiger partial charge in [-0.1, -0.05) is 64.1 Å². The highest BCUT2D eigenvalue weighted by Gasteiger charge is 2.13. The normalized spacial score (nSPS) is 11.3. The van der Waals surface area contributed by atoms with Crippen molar-refractivity contribution in [3.05, 3.63) is 65.2 Å². The minimum Gasteiger partial charge on any atom is -0.427 e. The third-order valence-electron chi connectivity index (χ3n) is 4.00. The minimum absolute atomic E-state index is 0.155. The SMILES string of the molecule is CCc1ccc(OC(=O)CCc2ccc(C(C)(C)C)cc2)cc1. The monoisotopic (exact) mass is 310 g/mol. The molecule has 2 aromatic rings. The molecule has 0 bridgehead atoms. The first kappa shape index (κ1) is 17.3. The van der Waals surface area contributed by atoms with E-state index < -0.39 is 0 Å². The van der Waals surface area contributed by atoms with Crippen LogP contribution >= 0.6 is 0 Å². The van der Waals surface area contributed by atoms with Crippen LogP contribution in [0.3, 0.4) is 0 Å². The lowest BCUT2D eigenvalue weighted by atomic mass is 9.86. The van der Waals surface area contributed by atoms with Crippen LogP contribution in [-0.2, 0) is 23.1 Å². The van der Waals surface area contributed by atoms with Crippen molar-refractivity contribution in [1.29, 1.82) is 0 Å². The Balaban J connectivity index is 1.86. The molecule has 0 fully saturated rings. The van der Waals surface area contributed by atoms with E-state index in [1.807, 2.05) is 24.3 Å². The van der Waals surface area contributed by atoms with E-state index in [2.05, 4.69) is 52.0 Å². The van der Waals surface area contributed by atoms with Gasteiger partial charge in [0, 0.05) is 6.42 Å². The number of hydrogen-bond donors (Lipinski definition) is 0. The van der Waals surface area contributed by atoms with Crippen LogP contribution < -0.4 is 4.74 Å². The van der Waals surface area contributed by atoms with E-state index in [1.54, 1.807) is 0 Å². The molecule has 2 heteroatoms. The maximum Gasteiger partial charge on any atom is 0.311 e. The molecule has 0 aliphatic carbocycles. The molecule has 0 aliphatic rings. The van der Waals surface area contributed by atoms with E-state index in [9.17, 15) is 4.79 Å². The molecule has 0 atom stereocenters. The summed E-state index contributed by atoms with van der Waals surface area (Å²) in [6.07, 6.45) is 2.08. The Bertz CT molecular complexity index is 631. The summed E-state index contributed by atoms with van der Waals surface area (Å²) in [5.74, 6) is 0.435. The summed E-state index contributed by atoms with van der Waals surface area (Å²) in [5.41, 5.74) is 3.86. The molecule has 0 heterocycles. The van der Waals surface area contributed by atoms with Gasteiger partial charge in [-0.2, -0.15) is 0 Å². The second-order valence-electron chi connectivity index (χ2n) is 6.92. The predicted molar refractivity (Wildman–Crippen MR) is 94.9 cm³/mol. The first-order chi connectivity index (χ1) is 10.9. The summed E-state index contributed by atoms with van der Waals surface area (Å²) in [4.78, 5) is 11.9. The maximum absolute atomic E-state index is 11.9. The Hall–Kier alpha value is -2.09. The lowest BCUT2D eigenvalue weighted by molar-refractivity contribution is -0.134. The Morgan fingerprint density at radius 1 is 0.913 bits per heavy atom. The lowest BCUT2D eigenvalue weighted by Gasteiger charge is -2.19. The summed E-state index contributed by atoms with van der Waals surface area (Å²) < 4.78 is 5.37. The Labute approximate surface area is 139 Å². The summed E-state index contributed by atoms with van der Waals surface area (Å²) in [5, 5.41) is 0. The van der Waals surface area contributed by atoms with Gasteiger partial charge in [0.05, 0.1) is 0 Å². The number of rotatable bonds is 5. The van der Waals surface area contributed by atoms with Crippen LogP contribution in [-0.4, -0.2) is 5.97 Å². The Kier molecular flexibility index (Phi) is 5.59. The predicted octanol–water partition coefficient (Wildman–Crippen LogP) is 5.08. The quantitative estimate of drug-likeness (QED) is 0.568. The van der Waals surface area contributed by atoms with Gasteiger partial charge in [-0.25, -0.2) is 0 Å². The molecule has 0 radical (unpaired) electrons. The molecule has 23 heavy (non-hydrogen) atoms. The minimum atomic E-state index is -0.186. The van der Waals surface area contributed by atoms with Crippen molar-refractivity contribution in [3.63, 3.8) is 0 Å². The van der Waals surface area contributed by atoms with Crippen molar-refractivity contribution >= 4 is 5.97 Å². The largest absolute Gasteiger partial charge is 0.427 e. The van der Waals surface area contributed by atoms with Crippen molar-refractivity contribution in [1.82, 2.24) is 0 Å². The van der Waals surface area contributed by atoms with Gasteiger partial charge in [-0.3, -0.25) is 4.79 Å². The summed E-state index contributed by atoms with van der Waals surface area (Å²) in [6, 6.07) is 16.2. The van der Waals surface area contributed by atoms with Crippen molar-refractivity contribution in [2.45, 2.75) is 52.4 Å². The average Bonchev–Trinajstić information content (AvgIpc) is 2.53. The first-order valence-electron chi connectivity index (χ1n) is 8.27. The molecule has 2 rings (SSSR count). The molecular weight excluding hydrogens is 284 g/mol. The molecule has 0 spiro atoms. The van der Waals surface area contributed by atoms with Crippen molar-refractivity contribution in [2.75, 3.05) is 0 Å². The fourth-order valence-corrected chi connectivity index (χ4v) is 2.39. The number of carbonyl (C=O) groups is 1. The van der Waals surface area contributed by atoms with E-state index >= 15 is 0 Å². The summed E-state index contributed by atoms with van der Waals surface area (Å²) >= 11 is 0. The molecule has 0 N–H and O–H groups in total. The first-order valence-corrected chi connectivity index (χ1v) is 8.27. The highest BCUT2D eigenvalue weighted by Crippen LogP contribution is 2.22. The smallest absolute Gasteiger partial charge is 0.311 e. The van der Waals surface area contributed by atoms with Crippen LogP contribution in [0, 0.1) is 0 Å². The molecule has 2 nitrogen and oxygen atoms in total. The van der Waals surface area contributed by atoms with Gasteiger partial charge < -0.3 is 4.74 Å². The number of hydrogen-bond acceptors (Lipinski definition) is 2. The molecule has 0 aliphatic heterocycles. The number of ether oxygens (including phenoxy) is 1. The van der Waals surface area contributed by atoms with Gasteiger partial charge >= 0.3 is 5.97 Å². The highest BCUT2D eigenvalue weighted by atomic mass is 16.5. The number of benzene rings is 2.